The molecule has 0 aliphatic heterocycles. The van der Waals surface area contributed by atoms with Crippen LogP contribution >= 0.6 is 0 Å². The number of hydrogen-bond acceptors (Lipinski definition) is 3. The second-order valence-electron chi connectivity index (χ2n) is 5.71. The normalized spacial score (nSPS) is 24.0. The fourth-order valence-corrected chi connectivity index (χ4v) is 2.91. The molecule has 0 atom stereocenters. The van der Waals surface area contributed by atoms with Gasteiger partial charge in [-0.05, 0) is 55.7 Å². The Kier molecular flexibility index (Phi) is 4.23. The highest BCUT2D eigenvalue weighted by atomic mass is 15.2. The zero-order chi connectivity index (χ0) is 13.1. The van der Waals surface area contributed by atoms with Crippen LogP contribution in [0.15, 0.2) is 12.3 Å². The summed E-state index contributed by atoms with van der Waals surface area (Å²) in [6.45, 7) is 5.05. The van der Waals surface area contributed by atoms with Crippen molar-refractivity contribution in [1.29, 1.82) is 0 Å². The van der Waals surface area contributed by atoms with Crippen molar-refractivity contribution in [2.45, 2.75) is 52.1 Å². The van der Waals surface area contributed by atoms with E-state index in [4.69, 9.17) is 5.73 Å². The Labute approximate surface area is 110 Å². The molecule has 0 radical (unpaired) electrons. The molecule has 0 bridgehead atoms. The van der Waals surface area contributed by atoms with E-state index < -0.39 is 0 Å². The Hall–Kier alpha value is -1.09. The Morgan fingerprint density at radius 2 is 2.00 bits per heavy atom. The molecule has 1 aliphatic carbocycles. The van der Waals surface area contributed by atoms with Gasteiger partial charge in [-0.2, -0.15) is 0 Å². The van der Waals surface area contributed by atoms with Crippen LogP contribution in [-0.2, 0) is 6.54 Å². The molecule has 3 heteroatoms. The van der Waals surface area contributed by atoms with Crippen LogP contribution in [0.25, 0.3) is 0 Å². The van der Waals surface area contributed by atoms with E-state index in [1.165, 1.54) is 31.2 Å². The van der Waals surface area contributed by atoms with Gasteiger partial charge in [-0.25, -0.2) is 4.98 Å². The largest absolute Gasteiger partial charge is 0.356 e. The van der Waals surface area contributed by atoms with E-state index in [0.29, 0.717) is 12.6 Å². The Balaban J connectivity index is 2.11. The molecule has 0 aromatic carbocycles. The third kappa shape index (κ3) is 2.83. The summed E-state index contributed by atoms with van der Waals surface area (Å²) >= 11 is 0. The monoisotopic (exact) mass is 247 g/mol. The highest BCUT2D eigenvalue weighted by molar-refractivity contribution is 5.47. The zero-order valence-corrected chi connectivity index (χ0v) is 11.8. The molecule has 0 unspecified atom stereocenters. The average molecular weight is 247 g/mol. The van der Waals surface area contributed by atoms with Crippen molar-refractivity contribution in [3.63, 3.8) is 0 Å². The molecule has 1 fully saturated rings. The van der Waals surface area contributed by atoms with Gasteiger partial charge in [0.15, 0.2) is 0 Å². The third-order valence-corrected chi connectivity index (χ3v) is 4.21. The summed E-state index contributed by atoms with van der Waals surface area (Å²) in [7, 11) is 2.18. The Morgan fingerprint density at radius 3 is 2.56 bits per heavy atom. The van der Waals surface area contributed by atoms with Crippen molar-refractivity contribution in [1.82, 2.24) is 4.98 Å². The third-order valence-electron chi connectivity index (χ3n) is 4.21. The van der Waals surface area contributed by atoms with Crippen LogP contribution in [0.5, 0.6) is 0 Å². The highest BCUT2D eigenvalue weighted by Gasteiger charge is 2.23. The van der Waals surface area contributed by atoms with Crippen LogP contribution in [0.3, 0.4) is 0 Å². The molecule has 2 N–H and O–H groups in total. The van der Waals surface area contributed by atoms with Crippen molar-refractivity contribution < 1.29 is 0 Å². The lowest BCUT2D eigenvalue weighted by atomic mass is 9.86. The number of nitrogens with zero attached hydrogens (tertiary/aromatic N) is 2. The number of aryl methyl sites for hydroxylation is 1. The van der Waals surface area contributed by atoms with Crippen LogP contribution in [0, 0.1) is 12.8 Å². The van der Waals surface area contributed by atoms with Gasteiger partial charge < -0.3 is 10.6 Å². The molecule has 1 saturated carbocycles. The lowest BCUT2D eigenvalue weighted by molar-refractivity contribution is 0.340. The van der Waals surface area contributed by atoms with E-state index in [-0.39, 0.29) is 0 Å². The number of hydrogen-bond donors (Lipinski definition) is 1. The molecule has 0 saturated heterocycles. The van der Waals surface area contributed by atoms with Crippen molar-refractivity contribution in [3.05, 3.63) is 23.4 Å². The molecule has 0 spiro atoms. The Bertz CT molecular complexity index is 395. The van der Waals surface area contributed by atoms with E-state index in [2.05, 4.69) is 36.8 Å². The molecule has 1 aliphatic rings. The van der Waals surface area contributed by atoms with E-state index in [1.807, 2.05) is 6.20 Å². The maximum Gasteiger partial charge on any atom is 0.131 e. The van der Waals surface area contributed by atoms with Gasteiger partial charge in [-0.15, -0.1) is 0 Å². The minimum Gasteiger partial charge on any atom is -0.356 e. The van der Waals surface area contributed by atoms with Crippen LogP contribution in [-0.4, -0.2) is 18.1 Å². The summed E-state index contributed by atoms with van der Waals surface area (Å²) in [6, 6.07) is 2.81. The summed E-state index contributed by atoms with van der Waals surface area (Å²) in [5, 5.41) is 0. The minimum atomic E-state index is 0.568. The Morgan fingerprint density at radius 1 is 1.33 bits per heavy atom. The zero-order valence-electron chi connectivity index (χ0n) is 11.8. The molecule has 0 amide bonds. The maximum absolute atomic E-state index is 5.65. The van der Waals surface area contributed by atoms with E-state index >= 15 is 0 Å². The number of anilines is 1. The van der Waals surface area contributed by atoms with Gasteiger partial charge in [0.25, 0.3) is 0 Å². The van der Waals surface area contributed by atoms with Crippen molar-refractivity contribution in [3.8, 4) is 0 Å². The molecule has 1 heterocycles. The van der Waals surface area contributed by atoms with Gasteiger partial charge in [-0.1, -0.05) is 6.92 Å². The summed E-state index contributed by atoms with van der Waals surface area (Å²) in [5.74, 6) is 2.01. The quantitative estimate of drug-likeness (QED) is 0.893. The minimum absolute atomic E-state index is 0.568. The van der Waals surface area contributed by atoms with Gasteiger partial charge in [-0.3, -0.25) is 0 Å². The lowest BCUT2D eigenvalue weighted by Gasteiger charge is -2.35. The molecular weight excluding hydrogens is 222 g/mol. The summed E-state index contributed by atoms with van der Waals surface area (Å²) in [5.41, 5.74) is 8.00. The predicted octanol–water partition coefficient (Wildman–Crippen LogP) is 2.86. The molecule has 1 aromatic rings. The first-order valence-corrected chi connectivity index (χ1v) is 7.00. The number of rotatable bonds is 3. The van der Waals surface area contributed by atoms with Crippen LogP contribution in [0.4, 0.5) is 5.82 Å². The summed E-state index contributed by atoms with van der Waals surface area (Å²) < 4.78 is 0. The number of nitrogens with two attached hydrogens (primary N) is 1. The van der Waals surface area contributed by atoms with Gasteiger partial charge in [0.2, 0.25) is 0 Å². The van der Waals surface area contributed by atoms with Crippen LogP contribution in [0.1, 0.15) is 43.7 Å². The second-order valence-corrected chi connectivity index (χ2v) is 5.71. The van der Waals surface area contributed by atoms with Gasteiger partial charge >= 0.3 is 0 Å². The lowest BCUT2D eigenvalue weighted by Crippen LogP contribution is -2.35. The van der Waals surface area contributed by atoms with Crippen LogP contribution in [0.2, 0.25) is 0 Å². The molecule has 18 heavy (non-hydrogen) atoms. The van der Waals surface area contributed by atoms with Crippen molar-refractivity contribution >= 4 is 5.82 Å². The first kappa shape index (κ1) is 13.3. The maximum atomic E-state index is 5.65. The van der Waals surface area contributed by atoms with Crippen molar-refractivity contribution in [2.24, 2.45) is 11.7 Å². The highest BCUT2D eigenvalue weighted by Crippen LogP contribution is 2.29. The number of pyridine rings is 1. The average Bonchev–Trinajstić information content (AvgIpc) is 2.38. The fourth-order valence-electron chi connectivity index (χ4n) is 2.91. The van der Waals surface area contributed by atoms with E-state index in [0.717, 1.165) is 17.3 Å². The fraction of sp³-hybridized carbons (Fsp3) is 0.667. The van der Waals surface area contributed by atoms with Gasteiger partial charge in [0.1, 0.15) is 5.82 Å². The van der Waals surface area contributed by atoms with E-state index in [1.54, 1.807) is 0 Å². The van der Waals surface area contributed by atoms with Gasteiger partial charge in [0.05, 0.1) is 0 Å². The first-order valence-electron chi connectivity index (χ1n) is 7.00. The number of aromatic nitrogens is 1. The molecule has 2 rings (SSSR count). The summed E-state index contributed by atoms with van der Waals surface area (Å²) in [6.07, 6.45) is 7.17. The predicted molar refractivity (Wildman–Crippen MR) is 76.7 cm³/mol. The van der Waals surface area contributed by atoms with Gasteiger partial charge in [0, 0.05) is 25.8 Å². The SMILES string of the molecule is Cc1cc(CN)cnc1N(C)C1CCC(C)CC1. The standard InChI is InChI=1S/C15H25N3/c1-11-4-6-14(7-5-11)18(3)15-12(2)8-13(9-16)10-17-15/h8,10-11,14H,4-7,9,16H2,1-3H3. The topological polar surface area (TPSA) is 42.1 Å². The van der Waals surface area contributed by atoms with Crippen LogP contribution < -0.4 is 10.6 Å². The first-order chi connectivity index (χ1) is 8.61. The molecule has 100 valence electrons. The van der Waals surface area contributed by atoms with Crippen molar-refractivity contribution in [2.75, 3.05) is 11.9 Å². The summed E-state index contributed by atoms with van der Waals surface area (Å²) in [4.78, 5) is 6.95. The molecular formula is C15H25N3. The molecule has 1 aromatic heterocycles. The second kappa shape index (κ2) is 5.70. The molecule has 3 nitrogen and oxygen atoms in total. The smallest absolute Gasteiger partial charge is 0.131 e. The van der Waals surface area contributed by atoms with E-state index in [9.17, 15) is 0 Å².